The molecule has 208 valence electrons. The lowest BCUT2D eigenvalue weighted by Crippen LogP contribution is -2.01. The van der Waals surface area contributed by atoms with E-state index in [1.54, 1.807) is 54.6 Å². The van der Waals surface area contributed by atoms with Gasteiger partial charge in [-0.2, -0.15) is 21.0 Å². The van der Waals surface area contributed by atoms with E-state index in [1.165, 1.54) is 18.2 Å². The molecule has 0 radical (unpaired) electrons. The zero-order valence-corrected chi connectivity index (χ0v) is 23.1. The summed E-state index contributed by atoms with van der Waals surface area (Å²) in [4.78, 5) is 0. The van der Waals surface area contributed by atoms with Crippen molar-refractivity contribution >= 4 is 32.7 Å². The second-order valence-electron chi connectivity index (χ2n) is 9.73. The summed E-state index contributed by atoms with van der Waals surface area (Å²) >= 11 is 0. The summed E-state index contributed by atoms with van der Waals surface area (Å²) in [5.74, 6) is -4.20. The first kappa shape index (κ1) is 27.9. The van der Waals surface area contributed by atoms with Gasteiger partial charge in [-0.05, 0) is 39.6 Å². The average Bonchev–Trinajstić information content (AvgIpc) is 3.56. The van der Waals surface area contributed by atoms with E-state index >= 15 is 17.6 Å². The number of hydrogen-bond acceptors (Lipinski definition) is 4. The molecule has 5 aromatic carbocycles. The highest BCUT2D eigenvalue weighted by molar-refractivity contribution is 6.22. The van der Waals surface area contributed by atoms with Gasteiger partial charge >= 0.3 is 0 Å². The van der Waals surface area contributed by atoms with Crippen LogP contribution in [0, 0.1) is 68.6 Å². The number of hydrogen-bond donors (Lipinski definition) is 0. The fourth-order valence-corrected chi connectivity index (χ4v) is 6.32. The van der Waals surface area contributed by atoms with Crippen molar-refractivity contribution in [3.8, 4) is 46.5 Å². The molecule has 4 nitrogen and oxygen atoms in total. The predicted octanol–water partition coefficient (Wildman–Crippen LogP) is 9.23. The van der Waals surface area contributed by atoms with Gasteiger partial charge in [0.05, 0.1) is 0 Å². The van der Waals surface area contributed by atoms with Crippen LogP contribution in [0.4, 0.5) is 17.6 Å². The molecule has 2 aliphatic rings. The topological polar surface area (TPSA) is 95.2 Å². The predicted molar refractivity (Wildman–Crippen MR) is 158 cm³/mol. The Kier molecular flexibility index (Phi) is 6.50. The van der Waals surface area contributed by atoms with E-state index in [4.69, 9.17) is 0 Å². The van der Waals surface area contributed by atoms with E-state index in [0.717, 1.165) is 12.1 Å². The number of nitrogens with zero attached hydrogens (tertiary/aromatic N) is 4. The molecule has 7 rings (SSSR count). The maximum atomic E-state index is 16.5. The van der Waals surface area contributed by atoms with E-state index in [2.05, 4.69) is 0 Å². The summed E-state index contributed by atoms with van der Waals surface area (Å²) in [6.07, 6.45) is 0. The molecule has 8 heteroatoms. The third-order valence-electron chi connectivity index (χ3n) is 7.86. The Morgan fingerprint density at radius 3 is 1.27 bits per heavy atom. The summed E-state index contributed by atoms with van der Waals surface area (Å²) in [5, 5.41) is 40.3. The van der Waals surface area contributed by atoms with Crippen LogP contribution < -0.4 is 0 Å². The Morgan fingerprint density at radius 1 is 0.477 bits per heavy atom. The van der Waals surface area contributed by atoms with Gasteiger partial charge in [-0.25, -0.2) is 17.6 Å². The molecule has 0 saturated carbocycles. The van der Waals surface area contributed by atoms with Crippen molar-refractivity contribution in [3.63, 3.8) is 0 Å². The van der Waals surface area contributed by atoms with Gasteiger partial charge in [-0.3, -0.25) is 0 Å². The van der Waals surface area contributed by atoms with Crippen LogP contribution in [0.2, 0.25) is 0 Å². The maximum absolute atomic E-state index is 16.5. The molecule has 0 aromatic heterocycles. The van der Waals surface area contributed by atoms with Crippen molar-refractivity contribution in [2.45, 2.75) is 13.8 Å². The van der Waals surface area contributed by atoms with Gasteiger partial charge in [0.1, 0.15) is 47.1 Å². The molecule has 0 N–H and O–H groups in total. The van der Waals surface area contributed by atoms with Crippen LogP contribution in [0.15, 0.2) is 71.8 Å². The Balaban J connectivity index is 0.00000168. The maximum Gasteiger partial charge on any atom is 0.168 e. The van der Waals surface area contributed by atoms with Crippen molar-refractivity contribution in [2.24, 2.45) is 0 Å². The van der Waals surface area contributed by atoms with Crippen molar-refractivity contribution < 1.29 is 17.6 Å². The molecule has 0 atom stereocenters. The van der Waals surface area contributed by atoms with Crippen molar-refractivity contribution in [2.75, 3.05) is 0 Å². The fourth-order valence-electron chi connectivity index (χ4n) is 6.32. The minimum absolute atomic E-state index is 0.0113. The van der Waals surface area contributed by atoms with Gasteiger partial charge in [0.25, 0.3) is 0 Å². The third-order valence-corrected chi connectivity index (χ3v) is 7.86. The molecule has 0 aliphatic heterocycles. The van der Waals surface area contributed by atoms with E-state index in [9.17, 15) is 21.0 Å². The first-order chi connectivity index (χ1) is 21.4. The number of fused-ring (bicyclic) bond motifs is 11. The van der Waals surface area contributed by atoms with Gasteiger partial charge in [-0.15, -0.1) is 0 Å². The van der Waals surface area contributed by atoms with E-state index in [-0.39, 0.29) is 71.6 Å². The minimum atomic E-state index is -1.40. The van der Waals surface area contributed by atoms with Crippen LogP contribution in [0.5, 0.6) is 0 Å². The highest BCUT2D eigenvalue weighted by atomic mass is 19.2. The zero-order chi connectivity index (χ0) is 31.4. The summed E-state index contributed by atoms with van der Waals surface area (Å²) in [5.41, 5.74) is -2.09. The second-order valence-corrected chi connectivity index (χ2v) is 9.73. The quantitative estimate of drug-likeness (QED) is 0.132. The number of benzene rings is 5. The molecule has 2 aliphatic carbocycles. The number of nitriles is 4. The van der Waals surface area contributed by atoms with E-state index in [1.807, 2.05) is 13.8 Å². The molecule has 0 bridgehead atoms. The Bertz CT molecular complexity index is 2360. The monoisotopic (exact) mass is 580 g/mol. The average molecular weight is 581 g/mol. The third kappa shape index (κ3) is 3.46. The summed E-state index contributed by atoms with van der Waals surface area (Å²) in [7, 11) is 0. The first-order valence-electron chi connectivity index (χ1n) is 13.5. The SMILES string of the molecule is CC.N#CC(C#N)=C1c2cc(F)c3ccccc3c2-c2c1c(F)c(F)c1c2C(=C(C#N)C#N)c2cc(F)c3ccccc3c2-1. The smallest absolute Gasteiger partial charge is 0.168 e. The largest absolute Gasteiger partial charge is 0.206 e. The van der Waals surface area contributed by atoms with Gasteiger partial charge < -0.3 is 0 Å². The fraction of sp³-hybridized carbons (Fsp3) is 0.0556. The van der Waals surface area contributed by atoms with Gasteiger partial charge in [0, 0.05) is 49.7 Å². The van der Waals surface area contributed by atoms with Gasteiger partial charge in [0.15, 0.2) is 11.6 Å². The van der Waals surface area contributed by atoms with Crippen molar-refractivity contribution in [1.29, 1.82) is 21.0 Å². The van der Waals surface area contributed by atoms with Crippen LogP contribution in [-0.4, -0.2) is 0 Å². The number of allylic oxidation sites excluding steroid dienone is 2. The Morgan fingerprint density at radius 2 is 0.841 bits per heavy atom. The molecule has 0 saturated heterocycles. The highest BCUT2D eigenvalue weighted by Gasteiger charge is 2.43. The van der Waals surface area contributed by atoms with E-state index < -0.39 is 40.0 Å². The van der Waals surface area contributed by atoms with Crippen molar-refractivity contribution in [1.82, 2.24) is 0 Å². The highest BCUT2D eigenvalue weighted by Crippen LogP contribution is 2.60. The molecule has 0 unspecified atom stereocenters. The molecule has 0 spiro atoms. The lowest BCUT2D eigenvalue weighted by atomic mass is 9.88. The van der Waals surface area contributed by atoms with Crippen LogP contribution in [0.1, 0.15) is 36.1 Å². The normalized spacial score (nSPS) is 11.7. The van der Waals surface area contributed by atoms with Gasteiger partial charge in [0.2, 0.25) is 0 Å². The van der Waals surface area contributed by atoms with Crippen LogP contribution in [0.3, 0.4) is 0 Å². The van der Waals surface area contributed by atoms with Gasteiger partial charge in [-0.1, -0.05) is 62.4 Å². The minimum Gasteiger partial charge on any atom is -0.206 e. The number of halogens is 4. The summed E-state index contributed by atoms with van der Waals surface area (Å²) < 4.78 is 63.7. The summed E-state index contributed by atoms with van der Waals surface area (Å²) in [6.45, 7) is 4.00. The lowest BCUT2D eigenvalue weighted by Gasteiger charge is -2.15. The molecular formula is C36H16F4N4. The first-order valence-corrected chi connectivity index (χ1v) is 13.5. The summed E-state index contributed by atoms with van der Waals surface area (Å²) in [6, 6.07) is 21.6. The Hall–Kier alpha value is -6.22. The second kappa shape index (κ2) is 10.2. The zero-order valence-electron chi connectivity index (χ0n) is 23.1. The molecule has 5 aromatic rings. The molecule has 0 amide bonds. The van der Waals surface area contributed by atoms with Crippen molar-refractivity contribution in [3.05, 3.63) is 117 Å². The molecular weight excluding hydrogens is 564 g/mol. The molecule has 44 heavy (non-hydrogen) atoms. The van der Waals surface area contributed by atoms with Crippen LogP contribution >= 0.6 is 0 Å². The molecule has 0 fully saturated rings. The van der Waals surface area contributed by atoms with E-state index in [0.29, 0.717) is 0 Å². The van der Waals surface area contributed by atoms with Crippen LogP contribution in [-0.2, 0) is 0 Å². The molecule has 0 heterocycles. The Labute approximate surface area is 248 Å². The number of rotatable bonds is 0. The lowest BCUT2D eigenvalue weighted by molar-refractivity contribution is 0.510. The standard InChI is InChI=1S/C34H10F4N4.C2H6/c35-23-9-21-25(15(11-39)12-40)29-30-27-19-7-3-1-5-17(19)24(36)10-22(27)26(16(13-41)14-42)31(30)33(37)34(38)32(29)28(21)20-8-4-2-6-18(20)23;1-2/h1-10H;1-2H3. The van der Waals surface area contributed by atoms with Crippen LogP contribution in [0.25, 0.3) is 54.9 Å².